The van der Waals surface area contributed by atoms with Crippen LogP contribution in [0.4, 0.5) is 0 Å². The van der Waals surface area contributed by atoms with Crippen LogP contribution in [0.5, 0.6) is 11.5 Å². The quantitative estimate of drug-likeness (QED) is 0.413. The van der Waals surface area contributed by atoms with Crippen LogP contribution in [0.3, 0.4) is 0 Å². The van der Waals surface area contributed by atoms with E-state index in [1.165, 1.54) is 0 Å². The van der Waals surface area contributed by atoms with Crippen molar-refractivity contribution in [1.29, 1.82) is 0 Å². The highest BCUT2D eigenvalue weighted by Gasteiger charge is 2.12. The number of para-hydroxylation sites is 4. The third-order valence-electron chi connectivity index (χ3n) is 4.99. The van der Waals surface area contributed by atoms with E-state index in [0.29, 0.717) is 38.4 Å². The molecule has 0 bridgehead atoms. The van der Waals surface area contributed by atoms with Crippen LogP contribution in [0.15, 0.2) is 72.9 Å². The standard InChI is InChI=1S/C25H26N4O3/c1-2-31-22-12-5-6-13-23(22)32-18-17-29-21-11-4-3-9-19(21)28-24(29)14-16-27-25(30)20-10-7-8-15-26-20/h3-13,15H,2,14,16-18H2,1H3,(H,27,30). The number of imidazole rings is 1. The van der Waals surface area contributed by atoms with Crippen LogP contribution in [0.1, 0.15) is 23.2 Å². The summed E-state index contributed by atoms with van der Waals surface area (Å²) in [5.41, 5.74) is 2.37. The summed E-state index contributed by atoms with van der Waals surface area (Å²) < 4.78 is 13.8. The van der Waals surface area contributed by atoms with Crippen molar-refractivity contribution >= 4 is 16.9 Å². The Morgan fingerprint density at radius 1 is 0.969 bits per heavy atom. The molecule has 32 heavy (non-hydrogen) atoms. The zero-order chi connectivity index (χ0) is 22.2. The fourth-order valence-electron chi connectivity index (χ4n) is 3.53. The van der Waals surface area contributed by atoms with Gasteiger partial charge in [-0.15, -0.1) is 0 Å². The average Bonchev–Trinajstić information content (AvgIpc) is 3.18. The van der Waals surface area contributed by atoms with Gasteiger partial charge in [0.1, 0.15) is 18.1 Å². The number of nitrogens with one attached hydrogen (secondary N) is 1. The summed E-state index contributed by atoms with van der Waals surface area (Å²) in [6.45, 7) is 4.10. The van der Waals surface area contributed by atoms with Gasteiger partial charge in [0.25, 0.3) is 5.91 Å². The molecule has 0 radical (unpaired) electrons. The zero-order valence-electron chi connectivity index (χ0n) is 18.0. The lowest BCUT2D eigenvalue weighted by atomic mass is 10.3. The van der Waals surface area contributed by atoms with E-state index in [4.69, 9.17) is 14.5 Å². The van der Waals surface area contributed by atoms with E-state index < -0.39 is 0 Å². The lowest BCUT2D eigenvalue weighted by Crippen LogP contribution is -2.27. The molecule has 1 amide bonds. The Hall–Kier alpha value is -3.87. The third kappa shape index (κ3) is 5.06. The molecule has 0 saturated carbocycles. The number of amides is 1. The average molecular weight is 431 g/mol. The van der Waals surface area contributed by atoms with Gasteiger partial charge in [0, 0.05) is 19.2 Å². The Balaban J connectivity index is 1.43. The fourth-order valence-corrected chi connectivity index (χ4v) is 3.53. The van der Waals surface area contributed by atoms with Crippen molar-refractivity contribution in [2.24, 2.45) is 0 Å². The monoisotopic (exact) mass is 430 g/mol. The molecule has 2 heterocycles. The number of pyridine rings is 1. The van der Waals surface area contributed by atoms with Crippen molar-refractivity contribution in [3.63, 3.8) is 0 Å². The predicted molar refractivity (Wildman–Crippen MR) is 123 cm³/mol. The normalized spacial score (nSPS) is 10.8. The number of aromatic nitrogens is 3. The maximum Gasteiger partial charge on any atom is 0.269 e. The van der Waals surface area contributed by atoms with Gasteiger partial charge in [-0.1, -0.05) is 30.3 Å². The lowest BCUT2D eigenvalue weighted by Gasteiger charge is -2.13. The second-order valence-electron chi connectivity index (χ2n) is 7.12. The molecule has 0 aliphatic carbocycles. The topological polar surface area (TPSA) is 78.3 Å². The van der Waals surface area contributed by atoms with E-state index >= 15 is 0 Å². The number of ether oxygens (including phenoxy) is 2. The van der Waals surface area contributed by atoms with Crippen molar-refractivity contribution < 1.29 is 14.3 Å². The van der Waals surface area contributed by atoms with Crippen molar-refractivity contribution in [3.05, 3.63) is 84.4 Å². The summed E-state index contributed by atoms with van der Waals surface area (Å²) in [7, 11) is 0. The minimum Gasteiger partial charge on any atom is -0.490 e. The number of nitrogens with zero attached hydrogens (tertiary/aromatic N) is 3. The molecule has 7 nitrogen and oxygen atoms in total. The number of carbonyl (C=O) groups excluding carboxylic acids is 1. The first-order valence-corrected chi connectivity index (χ1v) is 10.7. The maximum atomic E-state index is 12.3. The minimum absolute atomic E-state index is 0.191. The molecule has 0 unspecified atom stereocenters. The largest absolute Gasteiger partial charge is 0.490 e. The third-order valence-corrected chi connectivity index (χ3v) is 4.99. The van der Waals surface area contributed by atoms with Crippen molar-refractivity contribution in [2.45, 2.75) is 19.9 Å². The van der Waals surface area contributed by atoms with E-state index in [9.17, 15) is 4.79 Å². The molecule has 0 atom stereocenters. The van der Waals surface area contributed by atoms with Gasteiger partial charge >= 0.3 is 0 Å². The van der Waals surface area contributed by atoms with Crippen LogP contribution in [0.25, 0.3) is 11.0 Å². The molecule has 1 N–H and O–H groups in total. The Kier molecular flexibility index (Phi) is 6.97. The number of fused-ring (bicyclic) bond motifs is 1. The summed E-state index contributed by atoms with van der Waals surface area (Å²) in [6, 6.07) is 21.0. The molecule has 2 aromatic carbocycles. The number of rotatable bonds is 10. The van der Waals surface area contributed by atoms with Gasteiger partial charge in [-0.25, -0.2) is 4.98 Å². The molecular weight excluding hydrogens is 404 g/mol. The SMILES string of the molecule is CCOc1ccccc1OCCn1c(CCNC(=O)c2ccccn2)nc2ccccc21. The molecule has 7 heteroatoms. The highest BCUT2D eigenvalue weighted by molar-refractivity contribution is 5.92. The van der Waals surface area contributed by atoms with E-state index in [1.54, 1.807) is 24.4 Å². The van der Waals surface area contributed by atoms with Gasteiger partial charge in [0.2, 0.25) is 0 Å². The molecule has 164 valence electrons. The van der Waals surface area contributed by atoms with Crippen molar-refractivity contribution in [1.82, 2.24) is 19.9 Å². The van der Waals surface area contributed by atoms with Crippen LogP contribution < -0.4 is 14.8 Å². The highest BCUT2D eigenvalue weighted by Crippen LogP contribution is 2.26. The predicted octanol–water partition coefficient (Wildman–Crippen LogP) is 3.88. The Morgan fingerprint density at radius 3 is 2.50 bits per heavy atom. The minimum atomic E-state index is -0.191. The Morgan fingerprint density at radius 2 is 1.72 bits per heavy atom. The van der Waals surface area contributed by atoms with Crippen LogP contribution in [-0.4, -0.2) is 40.2 Å². The van der Waals surface area contributed by atoms with Crippen molar-refractivity contribution in [2.75, 3.05) is 19.8 Å². The summed E-state index contributed by atoms with van der Waals surface area (Å²) in [5, 5.41) is 2.92. The molecule has 2 aromatic heterocycles. The smallest absolute Gasteiger partial charge is 0.269 e. The van der Waals surface area contributed by atoms with Gasteiger partial charge < -0.3 is 19.4 Å². The second-order valence-corrected chi connectivity index (χ2v) is 7.12. The molecule has 0 spiro atoms. The van der Waals surface area contributed by atoms with Gasteiger partial charge in [0.05, 0.1) is 24.2 Å². The molecule has 0 fully saturated rings. The van der Waals surface area contributed by atoms with E-state index in [0.717, 1.165) is 28.4 Å². The molecular formula is C25H26N4O3. The van der Waals surface area contributed by atoms with Crippen LogP contribution in [0.2, 0.25) is 0 Å². The first-order valence-electron chi connectivity index (χ1n) is 10.7. The number of carbonyl (C=O) groups is 1. The van der Waals surface area contributed by atoms with Gasteiger partial charge in [-0.05, 0) is 43.3 Å². The Bertz CT molecular complexity index is 1170. The number of hydrogen-bond acceptors (Lipinski definition) is 5. The first-order chi connectivity index (χ1) is 15.8. The second kappa shape index (κ2) is 10.4. The molecule has 0 aliphatic rings. The molecule has 4 aromatic rings. The molecule has 4 rings (SSSR count). The van der Waals surface area contributed by atoms with E-state index in [2.05, 4.69) is 14.9 Å². The van der Waals surface area contributed by atoms with Gasteiger partial charge in [-0.3, -0.25) is 9.78 Å². The van der Waals surface area contributed by atoms with Gasteiger partial charge in [0.15, 0.2) is 11.5 Å². The summed E-state index contributed by atoms with van der Waals surface area (Å²) in [6.07, 6.45) is 2.21. The summed E-state index contributed by atoms with van der Waals surface area (Å²) in [5.74, 6) is 2.17. The first kappa shape index (κ1) is 21.4. The fraction of sp³-hybridized carbons (Fsp3) is 0.240. The van der Waals surface area contributed by atoms with Crippen LogP contribution in [0, 0.1) is 0 Å². The van der Waals surface area contributed by atoms with E-state index in [-0.39, 0.29) is 5.91 Å². The van der Waals surface area contributed by atoms with Crippen LogP contribution in [-0.2, 0) is 13.0 Å². The summed E-state index contributed by atoms with van der Waals surface area (Å²) in [4.78, 5) is 21.1. The zero-order valence-corrected chi connectivity index (χ0v) is 18.0. The molecule has 0 saturated heterocycles. The molecule has 0 aliphatic heterocycles. The summed E-state index contributed by atoms with van der Waals surface area (Å²) >= 11 is 0. The van der Waals surface area contributed by atoms with Crippen molar-refractivity contribution in [3.8, 4) is 11.5 Å². The van der Waals surface area contributed by atoms with Gasteiger partial charge in [-0.2, -0.15) is 0 Å². The number of benzene rings is 2. The lowest BCUT2D eigenvalue weighted by molar-refractivity contribution is 0.0949. The Labute approximate surface area is 187 Å². The van der Waals surface area contributed by atoms with E-state index in [1.807, 2.05) is 55.5 Å². The highest BCUT2D eigenvalue weighted by atomic mass is 16.5. The van der Waals surface area contributed by atoms with Crippen LogP contribution >= 0.6 is 0 Å². The maximum absolute atomic E-state index is 12.3. The number of hydrogen-bond donors (Lipinski definition) is 1.